The van der Waals surface area contributed by atoms with E-state index in [0.717, 1.165) is 11.7 Å². The maximum Gasteiger partial charge on any atom is 0.245 e. The molecule has 0 aliphatic carbocycles. The molecular formula is C10H19N3O3S. The van der Waals surface area contributed by atoms with Crippen molar-refractivity contribution in [2.45, 2.75) is 26.1 Å². The van der Waals surface area contributed by atoms with E-state index < -0.39 is 6.10 Å². The lowest BCUT2D eigenvalue weighted by atomic mass is 10.4. The van der Waals surface area contributed by atoms with Gasteiger partial charge in [-0.05, 0) is 13.8 Å². The molecule has 0 saturated heterocycles. The van der Waals surface area contributed by atoms with Gasteiger partial charge in [0.05, 0.1) is 24.4 Å². The summed E-state index contributed by atoms with van der Waals surface area (Å²) in [5, 5.41) is 12.7. The Bertz CT molecular complexity index is 282. The Morgan fingerprint density at radius 3 is 3.00 bits per heavy atom. The van der Waals surface area contributed by atoms with Crippen LogP contribution >= 0.6 is 11.7 Å². The van der Waals surface area contributed by atoms with Crippen LogP contribution in [0.2, 0.25) is 0 Å². The average molecular weight is 261 g/mol. The molecule has 0 aliphatic rings. The van der Waals surface area contributed by atoms with Gasteiger partial charge in [0.1, 0.15) is 18.9 Å². The molecule has 1 unspecified atom stereocenters. The number of aliphatic hydroxyl groups excluding tert-OH is 1. The monoisotopic (exact) mass is 261 g/mol. The molecule has 0 aliphatic heterocycles. The van der Waals surface area contributed by atoms with Gasteiger partial charge in [0.2, 0.25) is 5.88 Å². The maximum absolute atomic E-state index is 9.58. The van der Waals surface area contributed by atoms with E-state index in [2.05, 4.69) is 14.1 Å². The number of hydrogen-bond donors (Lipinski definition) is 2. The third-order valence-electron chi connectivity index (χ3n) is 1.87. The molecule has 98 valence electrons. The molecule has 1 rings (SSSR count). The zero-order chi connectivity index (χ0) is 12.5. The molecule has 0 bridgehead atoms. The van der Waals surface area contributed by atoms with Gasteiger partial charge in [0.25, 0.3) is 0 Å². The topological polar surface area (TPSA) is 76.5 Å². The third-order valence-corrected chi connectivity index (χ3v) is 2.34. The SMILES string of the molecule is CC(C)OCCNCC(O)COc1cnsn1. The van der Waals surface area contributed by atoms with Crippen LogP contribution in [0.5, 0.6) is 5.88 Å². The summed E-state index contributed by atoms with van der Waals surface area (Å²) in [5.74, 6) is 0.456. The van der Waals surface area contributed by atoms with Crippen molar-refractivity contribution in [1.29, 1.82) is 0 Å². The van der Waals surface area contributed by atoms with E-state index in [9.17, 15) is 5.11 Å². The van der Waals surface area contributed by atoms with Crippen molar-refractivity contribution in [1.82, 2.24) is 14.1 Å². The molecule has 0 radical (unpaired) electrons. The number of ether oxygens (including phenoxy) is 2. The van der Waals surface area contributed by atoms with Crippen molar-refractivity contribution in [3.63, 3.8) is 0 Å². The molecule has 17 heavy (non-hydrogen) atoms. The molecule has 7 heteroatoms. The Balaban J connectivity index is 1.96. The van der Waals surface area contributed by atoms with Crippen LogP contribution in [0.3, 0.4) is 0 Å². The van der Waals surface area contributed by atoms with Crippen LogP contribution in [-0.4, -0.2) is 52.4 Å². The lowest BCUT2D eigenvalue weighted by Gasteiger charge is -2.12. The first kappa shape index (κ1) is 14.3. The zero-order valence-electron chi connectivity index (χ0n) is 10.1. The van der Waals surface area contributed by atoms with E-state index >= 15 is 0 Å². The number of hydrogen-bond acceptors (Lipinski definition) is 7. The van der Waals surface area contributed by atoms with Crippen molar-refractivity contribution >= 4 is 11.7 Å². The Kier molecular flexibility index (Phi) is 7.02. The molecule has 1 aromatic heterocycles. The van der Waals surface area contributed by atoms with Gasteiger partial charge in [-0.1, -0.05) is 0 Å². The molecule has 0 saturated carbocycles. The van der Waals surface area contributed by atoms with E-state index in [0.29, 0.717) is 25.6 Å². The summed E-state index contributed by atoms with van der Waals surface area (Å²) in [6.45, 7) is 6.02. The van der Waals surface area contributed by atoms with Crippen molar-refractivity contribution in [3.8, 4) is 5.88 Å². The smallest absolute Gasteiger partial charge is 0.245 e. The molecule has 6 nitrogen and oxygen atoms in total. The standard InChI is InChI=1S/C10H19N3O3S/c1-8(2)15-4-3-11-5-9(14)7-16-10-6-12-17-13-10/h6,8-9,11,14H,3-5,7H2,1-2H3. The van der Waals surface area contributed by atoms with Crippen molar-refractivity contribution in [2.75, 3.05) is 26.3 Å². The van der Waals surface area contributed by atoms with Gasteiger partial charge in [0, 0.05) is 13.1 Å². The molecule has 1 aromatic rings. The highest BCUT2D eigenvalue weighted by Gasteiger charge is 2.05. The summed E-state index contributed by atoms with van der Waals surface area (Å²) < 4.78 is 18.2. The second-order valence-corrected chi connectivity index (χ2v) is 4.39. The molecule has 0 fully saturated rings. The zero-order valence-corrected chi connectivity index (χ0v) is 10.9. The molecular weight excluding hydrogens is 242 g/mol. The fourth-order valence-electron chi connectivity index (χ4n) is 1.10. The minimum absolute atomic E-state index is 0.212. The van der Waals surface area contributed by atoms with Crippen LogP contribution in [0.4, 0.5) is 0 Å². The first-order chi connectivity index (χ1) is 8.18. The van der Waals surface area contributed by atoms with Crippen LogP contribution in [0.15, 0.2) is 6.20 Å². The Hall–Kier alpha value is -0.760. The predicted octanol–water partition coefficient (Wildman–Crippen LogP) is 0.292. The van der Waals surface area contributed by atoms with E-state index in [4.69, 9.17) is 9.47 Å². The normalized spacial score (nSPS) is 12.9. The van der Waals surface area contributed by atoms with Gasteiger partial charge < -0.3 is 19.9 Å². The largest absolute Gasteiger partial charge is 0.473 e. The summed E-state index contributed by atoms with van der Waals surface area (Å²) in [4.78, 5) is 0. The predicted molar refractivity (Wildman–Crippen MR) is 65.4 cm³/mol. The van der Waals surface area contributed by atoms with Crippen LogP contribution in [-0.2, 0) is 4.74 Å². The van der Waals surface area contributed by atoms with Gasteiger partial charge in [0.15, 0.2) is 0 Å². The van der Waals surface area contributed by atoms with E-state index in [-0.39, 0.29) is 12.7 Å². The molecule has 0 amide bonds. The number of nitrogens with one attached hydrogen (secondary N) is 1. The van der Waals surface area contributed by atoms with E-state index in [1.54, 1.807) is 0 Å². The van der Waals surface area contributed by atoms with Crippen molar-refractivity contribution < 1.29 is 14.6 Å². The van der Waals surface area contributed by atoms with Gasteiger partial charge in [-0.15, -0.1) is 4.37 Å². The number of nitrogens with zero attached hydrogens (tertiary/aromatic N) is 2. The summed E-state index contributed by atoms with van der Waals surface area (Å²) in [6.07, 6.45) is 1.21. The highest BCUT2D eigenvalue weighted by Crippen LogP contribution is 2.04. The highest BCUT2D eigenvalue weighted by molar-refractivity contribution is 6.99. The summed E-state index contributed by atoms with van der Waals surface area (Å²) in [7, 11) is 0. The van der Waals surface area contributed by atoms with Crippen molar-refractivity contribution in [2.24, 2.45) is 0 Å². The fraction of sp³-hybridized carbons (Fsp3) is 0.800. The molecule has 0 aromatic carbocycles. The first-order valence-electron chi connectivity index (χ1n) is 5.59. The number of rotatable bonds is 9. The van der Waals surface area contributed by atoms with Gasteiger partial charge in [-0.25, -0.2) is 0 Å². The Morgan fingerprint density at radius 1 is 1.53 bits per heavy atom. The summed E-state index contributed by atoms with van der Waals surface area (Å²) in [5.41, 5.74) is 0. The van der Waals surface area contributed by atoms with Crippen molar-refractivity contribution in [3.05, 3.63) is 6.20 Å². The van der Waals surface area contributed by atoms with E-state index in [1.165, 1.54) is 6.20 Å². The average Bonchev–Trinajstić information content (AvgIpc) is 2.78. The minimum Gasteiger partial charge on any atom is -0.473 e. The van der Waals surface area contributed by atoms with Crippen LogP contribution in [0.1, 0.15) is 13.8 Å². The summed E-state index contributed by atoms with van der Waals surface area (Å²) >= 11 is 1.08. The summed E-state index contributed by atoms with van der Waals surface area (Å²) in [6, 6.07) is 0. The second kappa shape index (κ2) is 8.35. The van der Waals surface area contributed by atoms with Crippen LogP contribution < -0.4 is 10.1 Å². The van der Waals surface area contributed by atoms with Crippen LogP contribution in [0, 0.1) is 0 Å². The van der Waals surface area contributed by atoms with Gasteiger partial charge >= 0.3 is 0 Å². The van der Waals surface area contributed by atoms with Gasteiger partial charge in [-0.3, -0.25) is 0 Å². The minimum atomic E-state index is -0.559. The maximum atomic E-state index is 9.58. The second-order valence-electron chi connectivity index (χ2n) is 3.83. The Labute approximate surface area is 105 Å². The fourth-order valence-corrected chi connectivity index (χ4v) is 1.46. The molecule has 1 heterocycles. The number of aliphatic hydroxyl groups is 1. The quantitative estimate of drug-likeness (QED) is 0.622. The highest BCUT2D eigenvalue weighted by atomic mass is 32.1. The number of aromatic nitrogens is 2. The lowest BCUT2D eigenvalue weighted by molar-refractivity contribution is 0.0732. The lowest BCUT2D eigenvalue weighted by Crippen LogP contribution is -2.33. The van der Waals surface area contributed by atoms with Gasteiger partial charge in [-0.2, -0.15) is 4.37 Å². The Morgan fingerprint density at radius 2 is 2.35 bits per heavy atom. The molecule has 1 atom stereocenters. The first-order valence-corrected chi connectivity index (χ1v) is 6.32. The van der Waals surface area contributed by atoms with Crippen LogP contribution in [0.25, 0.3) is 0 Å². The van der Waals surface area contributed by atoms with E-state index in [1.807, 2.05) is 13.8 Å². The molecule has 2 N–H and O–H groups in total. The third kappa shape index (κ3) is 7.22. The molecule has 0 spiro atoms.